The first-order valence-corrected chi connectivity index (χ1v) is 13.1. The van der Waals surface area contributed by atoms with Crippen LogP contribution in [0.5, 0.6) is 5.75 Å². The van der Waals surface area contributed by atoms with Gasteiger partial charge in [0.25, 0.3) is 0 Å². The smallest absolute Gasteiger partial charge is 0.304 e. The summed E-state index contributed by atoms with van der Waals surface area (Å²) in [5, 5.41) is 37.1. The van der Waals surface area contributed by atoms with Gasteiger partial charge in [0.15, 0.2) is 6.23 Å². The zero-order chi connectivity index (χ0) is 23.8. The van der Waals surface area contributed by atoms with E-state index in [2.05, 4.69) is 35.8 Å². The molecule has 0 spiro atoms. The fraction of sp³-hybridized carbons (Fsp3) is 0.720. The monoisotopic (exact) mass is 478 g/mol. The summed E-state index contributed by atoms with van der Waals surface area (Å²) in [5.74, 6) is 1.56. The van der Waals surface area contributed by atoms with Gasteiger partial charge in [-0.2, -0.15) is 11.8 Å². The van der Waals surface area contributed by atoms with Crippen molar-refractivity contribution in [3.05, 3.63) is 29.3 Å². The Morgan fingerprint density at radius 2 is 2.12 bits per heavy atom. The van der Waals surface area contributed by atoms with E-state index in [1.54, 1.807) is 11.8 Å². The molecule has 2 fully saturated rings. The van der Waals surface area contributed by atoms with Crippen molar-refractivity contribution in [3.63, 3.8) is 0 Å². The van der Waals surface area contributed by atoms with Crippen LogP contribution < -0.4 is 15.4 Å². The van der Waals surface area contributed by atoms with Crippen LogP contribution in [0.25, 0.3) is 0 Å². The Balaban J connectivity index is 1.63. The molecule has 4 rings (SSSR count). The molecule has 0 bridgehead atoms. The number of carboxylic acids is 1. The second-order valence-corrected chi connectivity index (χ2v) is 11.5. The van der Waals surface area contributed by atoms with Crippen LogP contribution in [0.3, 0.4) is 0 Å². The number of fused-ring (bicyclic) bond motifs is 5. The van der Waals surface area contributed by atoms with Gasteiger partial charge >= 0.3 is 5.97 Å². The van der Waals surface area contributed by atoms with Crippen molar-refractivity contribution in [2.24, 2.45) is 17.3 Å². The van der Waals surface area contributed by atoms with Crippen molar-refractivity contribution in [1.82, 2.24) is 10.6 Å². The Morgan fingerprint density at radius 1 is 1.33 bits per heavy atom. The van der Waals surface area contributed by atoms with Gasteiger partial charge < -0.3 is 25.4 Å². The zero-order valence-electron chi connectivity index (χ0n) is 19.8. The molecule has 7 nitrogen and oxygen atoms in total. The lowest BCUT2D eigenvalue weighted by molar-refractivity contribution is -0.136. The first-order valence-electron chi connectivity index (χ1n) is 12.1. The Bertz CT molecular complexity index is 854. The van der Waals surface area contributed by atoms with E-state index in [4.69, 9.17) is 4.74 Å². The average Bonchev–Trinajstić information content (AvgIpc) is 3.02. The van der Waals surface area contributed by atoms with E-state index in [1.807, 2.05) is 14.1 Å². The van der Waals surface area contributed by atoms with Gasteiger partial charge in [0.1, 0.15) is 5.75 Å². The molecule has 1 aromatic carbocycles. The van der Waals surface area contributed by atoms with Gasteiger partial charge in [-0.3, -0.25) is 10.1 Å². The van der Waals surface area contributed by atoms with Crippen molar-refractivity contribution >= 4 is 17.7 Å². The minimum Gasteiger partial charge on any atom is -0.481 e. The largest absolute Gasteiger partial charge is 0.481 e. The summed E-state index contributed by atoms with van der Waals surface area (Å²) in [5.41, 5.74) is 2.36. The molecule has 8 atom stereocenters. The van der Waals surface area contributed by atoms with E-state index >= 15 is 0 Å². The maximum Gasteiger partial charge on any atom is 0.304 e. The third-order valence-corrected chi connectivity index (χ3v) is 9.66. The predicted octanol–water partition coefficient (Wildman–Crippen LogP) is 2.20. The molecule has 184 valence electrons. The maximum atomic E-state index is 11.2. The van der Waals surface area contributed by atoms with Crippen LogP contribution >= 0.6 is 11.8 Å². The molecule has 3 aliphatic rings. The molecule has 0 aliphatic heterocycles. The predicted molar refractivity (Wildman–Crippen MR) is 130 cm³/mol. The Hall–Kier alpha value is -1.32. The van der Waals surface area contributed by atoms with Gasteiger partial charge in [-0.1, -0.05) is 13.0 Å². The van der Waals surface area contributed by atoms with Crippen LogP contribution in [-0.4, -0.2) is 71.4 Å². The number of benzene rings is 1. The molecule has 5 N–H and O–H groups in total. The minimum absolute atomic E-state index is 0.123. The molecule has 0 amide bonds. The van der Waals surface area contributed by atoms with Crippen LogP contribution in [0.15, 0.2) is 18.2 Å². The second-order valence-electron chi connectivity index (χ2n) is 10.2. The van der Waals surface area contributed by atoms with Gasteiger partial charge in [-0.15, -0.1) is 0 Å². The summed E-state index contributed by atoms with van der Waals surface area (Å²) in [6, 6.07) is 6.42. The highest BCUT2D eigenvalue weighted by molar-refractivity contribution is 7.99. The molecule has 8 heteroatoms. The average molecular weight is 479 g/mol. The lowest BCUT2D eigenvalue weighted by atomic mass is 9.55. The molecule has 0 saturated heterocycles. The Kier molecular flexibility index (Phi) is 7.60. The number of rotatable bonds is 9. The number of hydrogen-bond donors (Lipinski definition) is 5. The van der Waals surface area contributed by atoms with E-state index in [0.717, 1.165) is 25.0 Å². The molecule has 0 heterocycles. The number of aliphatic carboxylic acids is 1. The van der Waals surface area contributed by atoms with Crippen LogP contribution in [0.1, 0.15) is 49.7 Å². The molecule has 0 aromatic heterocycles. The number of hydrogen-bond acceptors (Lipinski definition) is 7. The number of ether oxygens (including phenoxy) is 1. The van der Waals surface area contributed by atoms with Crippen molar-refractivity contribution in [3.8, 4) is 5.75 Å². The van der Waals surface area contributed by atoms with E-state index in [1.165, 1.54) is 11.1 Å². The Morgan fingerprint density at radius 3 is 2.82 bits per heavy atom. The number of aliphatic hydroxyl groups excluding tert-OH is 2. The highest BCUT2D eigenvalue weighted by Crippen LogP contribution is 2.62. The molecular weight excluding hydrogens is 440 g/mol. The topological polar surface area (TPSA) is 111 Å². The Labute approximate surface area is 200 Å². The normalized spacial score (nSPS) is 35.9. The first kappa shape index (κ1) is 24.8. The number of thioether (sulfide) groups is 1. The number of aliphatic hydroxyl groups is 2. The standard InChI is InChI=1S/C25H38N2O5S/c1-25-8-6-17-16-5-4-15(32-21(27-3)13-26-2)10-14(16)11-20(33-9-7-22(29)30)23(17)18(25)12-19(28)24(25)31/h4-5,10,17-21,23-24,26-28,31H,6-9,11-13H2,1-3H3,(H,29,30)/t17-,18+,19-,20?,21?,23-,24+,25+/m1/s1. The molecule has 1 aromatic rings. The van der Waals surface area contributed by atoms with Gasteiger partial charge in [-0.25, -0.2) is 0 Å². The van der Waals surface area contributed by atoms with E-state index in [-0.39, 0.29) is 29.2 Å². The molecule has 33 heavy (non-hydrogen) atoms. The lowest BCUT2D eigenvalue weighted by Crippen LogP contribution is -2.48. The number of carboxylic acid groups (broad SMARTS) is 1. The lowest BCUT2D eigenvalue weighted by Gasteiger charge is -2.52. The van der Waals surface area contributed by atoms with Crippen LogP contribution in [-0.2, 0) is 11.2 Å². The number of nitrogens with one attached hydrogen (secondary N) is 2. The highest BCUT2D eigenvalue weighted by atomic mass is 32.2. The quantitative estimate of drug-likeness (QED) is 0.344. The summed E-state index contributed by atoms with van der Waals surface area (Å²) in [6.07, 6.45) is 2.01. The number of likely N-dealkylation sites (N-methyl/N-ethyl adjacent to an activating group) is 2. The van der Waals surface area contributed by atoms with Crippen LogP contribution in [0.4, 0.5) is 0 Å². The molecule has 2 saturated carbocycles. The van der Waals surface area contributed by atoms with E-state index in [0.29, 0.717) is 30.6 Å². The minimum atomic E-state index is -0.770. The second kappa shape index (κ2) is 10.1. The van der Waals surface area contributed by atoms with Crippen molar-refractivity contribution in [1.29, 1.82) is 0 Å². The van der Waals surface area contributed by atoms with Crippen LogP contribution in [0.2, 0.25) is 0 Å². The van der Waals surface area contributed by atoms with Gasteiger partial charge in [0, 0.05) is 17.5 Å². The molecule has 3 aliphatic carbocycles. The number of carbonyl (C=O) groups is 1. The fourth-order valence-corrected chi connectivity index (χ4v) is 8.13. The maximum absolute atomic E-state index is 11.2. The molecule has 0 radical (unpaired) electrons. The summed E-state index contributed by atoms with van der Waals surface area (Å²) in [7, 11) is 3.77. The van der Waals surface area contributed by atoms with Gasteiger partial charge in [0.2, 0.25) is 0 Å². The first-order chi connectivity index (χ1) is 15.8. The zero-order valence-corrected chi connectivity index (χ0v) is 20.6. The molecular formula is C25H38N2O5S. The third kappa shape index (κ3) is 4.78. The van der Waals surface area contributed by atoms with E-state index < -0.39 is 18.2 Å². The third-order valence-electron chi connectivity index (χ3n) is 8.31. The summed E-state index contributed by atoms with van der Waals surface area (Å²) in [4.78, 5) is 11.2. The summed E-state index contributed by atoms with van der Waals surface area (Å²) in [6.45, 7) is 2.83. The SMILES string of the molecule is CNCC(NC)Oc1ccc2c(c1)CC(SCCC(=O)O)[C@@H]1[C@@H]2CC[C@]2(C)[C@@H](O)[C@H](O)C[C@@H]12. The summed E-state index contributed by atoms with van der Waals surface area (Å²) < 4.78 is 6.14. The van der Waals surface area contributed by atoms with Crippen molar-refractivity contribution < 1.29 is 24.9 Å². The fourth-order valence-electron chi connectivity index (χ4n) is 6.63. The van der Waals surface area contributed by atoms with Gasteiger partial charge in [-0.05, 0) is 86.2 Å². The molecule has 2 unspecified atom stereocenters. The van der Waals surface area contributed by atoms with Crippen LogP contribution in [0, 0.1) is 17.3 Å². The summed E-state index contributed by atoms with van der Waals surface area (Å²) >= 11 is 1.75. The highest BCUT2D eigenvalue weighted by Gasteiger charge is 2.59. The van der Waals surface area contributed by atoms with Crippen molar-refractivity contribution in [2.75, 3.05) is 26.4 Å². The van der Waals surface area contributed by atoms with Gasteiger partial charge in [0.05, 0.1) is 18.6 Å². The van der Waals surface area contributed by atoms with Crippen molar-refractivity contribution in [2.45, 2.75) is 68.6 Å². The van der Waals surface area contributed by atoms with E-state index in [9.17, 15) is 20.1 Å².